The normalized spacial score (nSPS) is 11.6. The van der Waals surface area contributed by atoms with E-state index in [-0.39, 0.29) is 11.7 Å². The third-order valence-electron chi connectivity index (χ3n) is 3.22. The highest BCUT2D eigenvalue weighted by Crippen LogP contribution is 2.22. The van der Waals surface area contributed by atoms with Crippen LogP contribution < -0.4 is 5.32 Å². The van der Waals surface area contributed by atoms with Crippen LogP contribution in [0.1, 0.15) is 35.8 Å². The Bertz CT molecular complexity index is 701. The summed E-state index contributed by atoms with van der Waals surface area (Å²) in [5, 5.41) is 14.0. The molecule has 0 amide bonds. The fourth-order valence-electron chi connectivity index (χ4n) is 2.03. The topological polar surface area (TPSA) is 94.4 Å². The Morgan fingerprint density at radius 2 is 2.17 bits per heavy atom. The molecule has 2 rings (SSSR count). The highest BCUT2D eigenvalue weighted by atomic mass is 16.6. The average Bonchev–Trinajstić information content (AvgIpc) is 2.55. The Hall–Kier alpha value is -2.96. The summed E-state index contributed by atoms with van der Waals surface area (Å²) >= 11 is 0. The number of benzene rings is 1. The van der Waals surface area contributed by atoms with Crippen molar-refractivity contribution < 1.29 is 14.5 Å². The number of aromatic nitrogens is 1. The number of nitrogens with one attached hydrogen (secondary N) is 1. The van der Waals surface area contributed by atoms with Gasteiger partial charge in [-0.2, -0.15) is 0 Å². The molecule has 0 aliphatic heterocycles. The maximum absolute atomic E-state index is 11.6. The molecule has 7 nitrogen and oxygen atoms in total. The first kappa shape index (κ1) is 16.4. The van der Waals surface area contributed by atoms with Crippen molar-refractivity contribution in [2.45, 2.75) is 19.9 Å². The molecule has 2 aromatic rings. The number of rotatable bonds is 6. The van der Waals surface area contributed by atoms with Crippen molar-refractivity contribution in [1.82, 2.24) is 4.98 Å². The van der Waals surface area contributed by atoms with E-state index in [4.69, 9.17) is 4.74 Å². The molecule has 0 saturated carbocycles. The van der Waals surface area contributed by atoms with Gasteiger partial charge in [0.05, 0.1) is 23.1 Å². The number of esters is 1. The monoisotopic (exact) mass is 315 g/mol. The van der Waals surface area contributed by atoms with Crippen LogP contribution in [-0.2, 0) is 4.74 Å². The van der Waals surface area contributed by atoms with Crippen LogP contribution in [0.2, 0.25) is 0 Å². The molecule has 0 saturated heterocycles. The number of carbonyl (C=O) groups excluding carboxylic acids is 1. The van der Waals surface area contributed by atoms with Gasteiger partial charge >= 0.3 is 5.97 Å². The van der Waals surface area contributed by atoms with Crippen molar-refractivity contribution in [2.24, 2.45) is 0 Å². The summed E-state index contributed by atoms with van der Waals surface area (Å²) in [7, 11) is 0. The van der Waals surface area contributed by atoms with E-state index < -0.39 is 10.9 Å². The number of nitro groups is 1. The van der Waals surface area contributed by atoms with Crippen molar-refractivity contribution in [3.63, 3.8) is 0 Å². The Labute approximate surface area is 133 Å². The number of hydrogen-bond acceptors (Lipinski definition) is 6. The molecule has 7 heteroatoms. The maximum atomic E-state index is 11.6. The Morgan fingerprint density at radius 1 is 1.39 bits per heavy atom. The lowest BCUT2D eigenvalue weighted by Gasteiger charge is -2.15. The van der Waals surface area contributed by atoms with E-state index in [9.17, 15) is 14.9 Å². The molecule has 1 unspecified atom stereocenters. The van der Waals surface area contributed by atoms with Crippen LogP contribution in [0.5, 0.6) is 0 Å². The van der Waals surface area contributed by atoms with Gasteiger partial charge in [-0.1, -0.05) is 12.1 Å². The Balaban J connectivity index is 2.08. The fraction of sp³-hybridized carbons (Fsp3) is 0.250. The van der Waals surface area contributed by atoms with Crippen LogP contribution in [0.3, 0.4) is 0 Å². The first-order valence-corrected chi connectivity index (χ1v) is 7.15. The van der Waals surface area contributed by atoms with Gasteiger partial charge in [0.2, 0.25) is 0 Å². The maximum Gasteiger partial charge on any atom is 0.339 e. The quantitative estimate of drug-likeness (QED) is 0.499. The minimum Gasteiger partial charge on any atom is -0.462 e. The number of non-ortho nitro benzene ring substituents is 1. The number of anilines is 1. The van der Waals surface area contributed by atoms with E-state index >= 15 is 0 Å². The molecule has 0 aliphatic rings. The third kappa shape index (κ3) is 4.26. The number of carbonyl (C=O) groups is 1. The largest absolute Gasteiger partial charge is 0.462 e. The second kappa shape index (κ2) is 7.35. The van der Waals surface area contributed by atoms with E-state index in [1.807, 2.05) is 6.92 Å². The smallest absolute Gasteiger partial charge is 0.339 e. The highest BCUT2D eigenvalue weighted by molar-refractivity contribution is 5.89. The number of ether oxygens (including phenoxy) is 1. The summed E-state index contributed by atoms with van der Waals surface area (Å²) in [6.07, 6.45) is 1.43. The molecule has 0 aliphatic carbocycles. The molecular formula is C16H17N3O4. The van der Waals surface area contributed by atoms with Gasteiger partial charge in [-0.25, -0.2) is 9.78 Å². The predicted molar refractivity (Wildman–Crippen MR) is 85.3 cm³/mol. The zero-order valence-electron chi connectivity index (χ0n) is 12.9. The molecule has 120 valence electrons. The Morgan fingerprint density at radius 3 is 2.78 bits per heavy atom. The van der Waals surface area contributed by atoms with E-state index in [0.717, 1.165) is 5.56 Å². The molecule has 23 heavy (non-hydrogen) atoms. The van der Waals surface area contributed by atoms with Crippen LogP contribution in [0.25, 0.3) is 0 Å². The molecule has 1 aromatic carbocycles. The van der Waals surface area contributed by atoms with Gasteiger partial charge in [-0.15, -0.1) is 0 Å². The van der Waals surface area contributed by atoms with Crippen molar-refractivity contribution in [3.8, 4) is 0 Å². The summed E-state index contributed by atoms with van der Waals surface area (Å²) < 4.78 is 4.89. The van der Waals surface area contributed by atoms with Gasteiger partial charge in [0.25, 0.3) is 5.69 Å². The SMILES string of the molecule is CCOC(=O)c1ccc(NC(C)c2cccc([N+](=O)[O-])c2)nc1. The number of nitro benzene ring substituents is 1. The zero-order valence-corrected chi connectivity index (χ0v) is 12.9. The average molecular weight is 315 g/mol. The molecular weight excluding hydrogens is 298 g/mol. The molecule has 0 radical (unpaired) electrons. The minimum absolute atomic E-state index is 0.0433. The molecule has 1 N–H and O–H groups in total. The molecule has 0 bridgehead atoms. The van der Waals surface area contributed by atoms with Gasteiger partial charge in [0.1, 0.15) is 5.82 Å². The lowest BCUT2D eigenvalue weighted by atomic mass is 10.1. The summed E-state index contributed by atoms with van der Waals surface area (Å²) in [5.41, 5.74) is 1.19. The molecule has 0 spiro atoms. The second-order valence-electron chi connectivity index (χ2n) is 4.87. The van der Waals surface area contributed by atoms with Crippen molar-refractivity contribution in [2.75, 3.05) is 11.9 Å². The lowest BCUT2D eigenvalue weighted by Crippen LogP contribution is -2.09. The summed E-state index contributed by atoms with van der Waals surface area (Å²) in [4.78, 5) is 26.1. The van der Waals surface area contributed by atoms with E-state index in [1.54, 1.807) is 31.2 Å². The molecule has 0 fully saturated rings. The van der Waals surface area contributed by atoms with Crippen LogP contribution in [-0.4, -0.2) is 22.5 Å². The molecule has 1 heterocycles. The van der Waals surface area contributed by atoms with Gasteiger partial charge in [0, 0.05) is 18.3 Å². The second-order valence-corrected chi connectivity index (χ2v) is 4.87. The van der Waals surface area contributed by atoms with E-state index in [2.05, 4.69) is 10.3 Å². The first-order valence-electron chi connectivity index (χ1n) is 7.15. The minimum atomic E-state index is -0.428. The third-order valence-corrected chi connectivity index (χ3v) is 3.22. The number of pyridine rings is 1. The van der Waals surface area contributed by atoms with Crippen molar-refractivity contribution >= 4 is 17.5 Å². The Kier molecular flexibility index (Phi) is 5.24. The molecule has 1 aromatic heterocycles. The van der Waals surface area contributed by atoms with Gasteiger partial charge in [-0.05, 0) is 31.5 Å². The van der Waals surface area contributed by atoms with Gasteiger partial charge in [0.15, 0.2) is 0 Å². The predicted octanol–water partition coefficient (Wildman–Crippen LogP) is 3.34. The summed E-state index contributed by atoms with van der Waals surface area (Å²) in [5.74, 6) is 0.148. The number of hydrogen-bond donors (Lipinski definition) is 1. The fourth-order valence-corrected chi connectivity index (χ4v) is 2.03. The highest BCUT2D eigenvalue weighted by Gasteiger charge is 2.12. The van der Waals surface area contributed by atoms with E-state index in [0.29, 0.717) is 18.0 Å². The lowest BCUT2D eigenvalue weighted by molar-refractivity contribution is -0.384. The van der Waals surface area contributed by atoms with Gasteiger partial charge in [-0.3, -0.25) is 10.1 Å². The van der Waals surface area contributed by atoms with Crippen molar-refractivity contribution in [3.05, 3.63) is 63.8 Å². The summed E-state index contributed by atoms with van der Waals surface area (Å²) in [6.45, 7) is 3.92. The van der Waals surface area contributed by atoms with Crippen LogP contribution >= 0.6 is 0 Å². The van der Waals surface area contributed by atoms with Crippen molar-refractivity contribution in [1.29, 1.82) is 0 Å². The standard InChI is InChI=1S/C16H17N3O4/c1-3-23-16(20)13-7-8-15(17-10-13)18-11(2)12-5-4-6-14(9-12)19(21)22/h4-11H,3H2,1-2H3,(H,17,18). The molecule has 1 atom stereocenters. The van der Waals surface area contributed by atoms with Crippen LogP contribution in [0.4, 0.5) is 11.5 Å². The van der Waals surface area contributed by atoms with Crippen LogP contribution in [0.15, 0.2) is 42.6 Å². The summed E-state index contributed by atoms with van der Waals surface area (Å²) in [6, 6.07) is 9.53. The number of nitrogens with zero attached hydrogens (tertiary/aromatic N) is 2. The van der Waals surface area contributed by atoms with Gasteiger partial charge < -0.3 is 10.1 Å². The van der Waals surface area contributed by atoms with Crippen LogP contribution in [0, 0.1) is 10.1 Å². The first-order chi connectivity index (χ1) is 11.0. The zero-order chi connectivity index (χ0) is 16.8. The van der Waals surface area contributed by atoms with E-state index in [1.165, 1.54) is 18.3 Å².